The van der Waals surface area contributed by atoms with Crippen LogP contribution in [0.2, 0.25) is 0 Å². The minimum absolute atomic E-state index is 0.599. The van der Waals surface area contributed by atoms with E-state index in [2.05, 4.69) is 45.8 Å². The second-order valence-electron chi connectivity index (χ2n) is 3.64. The van der Waals surface area contributed by atoms with Gasteiger partial charge in [-0.3, -0.25) is 0 Å². The topological polar surface area (TPSA) is 62.7 Å². The fourth-order valence-corrected chi connectivity index (χ4v) is 1.18. The molecule has 0 aromatic carbocycles. The number of nitrogens with zero attached hydrogens (tertiary/aromatic N) is 3. The van der Waals surface area contributed by atoms with Crippen molar-refractivity contribution in [1.82, 2.24) is 15.0 Å². The Morgan fingerprint density at radius 3 is 1.88 bits per heavy atom. The van der Waals surface area contributed by atoms with Crippen LogP contribution in [-0.2, 0) is 0 Å². The molecule has 0 fully saturated rings. The Kier molecular flexibility index (Phi) is 6.22. The first-order valence-corrected chi connectivity index (χ1v) is 5.96. The largest absolute Gasteiger partial charge is 0.354 e. The van der Waals surface area contributed by atoms with Crippen LogP contribution in [-0.4, -0.2) is 28.0 Å². The number of rotatable bonds is 8. The fourth-order valence-electron chi connectivity index (χ4n) is 1.18. The molecule has 5 heteroatoms. The average molecular weight is 222 g/mol. The Bertz CT molecular complexity index is 264. The lowest BCUT2D eigenvalue weighted by atomic mass is 10.3. The molecule has 5 nitrogen and oxygen atoms in total. The Balaban J connectivity index is 2.37. The maximum atomic E-state index is 4.24. The standard InChI is InChI=1S/C11H20N5/c1-3-5-7-12-10-14-9-15-11(16-10)13-8-6-4-2/h3-8H2,1-2H3,(H2,12,13,14,15,16). The van der Waals surface area contributed by atoms with Crippen molar-refractivity contribution in [2.75, 3.05) is 23.7 Å². The maximum Gasteiger partial charge on any atom is 0.228 e. The number of hydrogen-bond donors (Lipinski definition) is 2. The Morgan fingerprint density at radius 1 is 0.938 bits per heavy atom. The Morgan fingerprint density at radius 2 is 1.44 bits per heavy atom. The molecule has 0 atom stereocenters. The number of aromatic nitrogens is 3. The van der Waals surface area contributed by atoms with Crippen molar-refractivity contribution in [2.24, 2.45) is 0 Å². The summed E-state index contributed by atoms with van der Waals surface area (Å²) in [5.41, 5.74) is 0. The molecule has 2 N–H and O–H groups in total. The van der Waals surface area contributed by atoms with Crippen LogP contribution in [0, 0.1) is 6.33 Å². The van der Waals surface area contributed by atoms with Crippen LogP contribution < -0.4 is 10.6 Å². The summed E-state index contributed by atoms with van der Waals surface area (Å²) in [6.07, 6.45) is 7.14. The van der Waals surface area contributed by atoms with Crippen molar-refractivity contribution in [2.45, 2.75) is 39.5 Å². The van der Waals surface area contributed by atoms with Gasteiger partial charge in [-0.1, -0.05) is 26.7 Å². The number of unbranched alkanes of at least 4 members (excludes halogenated alkanes) is 2. The predicted molar refractivity (Wildman–Crippen MR) is 65.5 cm³/mol. The van der Waals surface area contributed by atoms with Gasteiger partial charge in [-0.2, -0.15) is 15.0 Å². The molecule has 1 rings (SSSR count). The summed E-state index contributed by atoms with van der Waals surface area (Å²) in [5, 5.41) is 6.29. The molecule has 89 valence electrons. The lowest BCUT2D eigenvalue weighted by Crippen LogP contribution is -2.10. The molecule has 0 unspecified atom stereocenters. The van der Waals surface area contributed by atoms with Gasteiger partial charge in [0.2, 0.25) is 18.2 Å². The molecular formula is C11H20N5. The van der Waals surface area contributed by atoms with Crippen molar-refractivity contribution in [3.63, 3.8) is 0 Å². The van der Waals surface area contributed by atoms with E-state index in [-0.39, 0.29) is 0 Å². The fraction of sp³-hybridized carbons (Fsp3) is 0.727. The molecule has 0 bridgehead atoms. The van der Waals surface area contributed by atoms with E-state index in [9.17, 15) is 0 Å². The van der Waals surface area contributed by atoms with Crippen molar-refractivity contribution in [3.8, 4) is 0 Å². The molecule has 0 spiro atoms. The highest BCUT2D eigenvalue weighted by Gasteiger charge is 1.99. The zero-order valence-corrected chi connectivity index (χ0v) is 10.1. The molecule has 1 aromatic rings. The van der Waals surface area contributed by atoms with Gasteiger partial charge in [0.1, 0.15) is 0 Å². The van der Waals surface area contributed by atoms with Gasteiger partial charge in [0.15, 0.2) is 0 Å². The molecule has 0 saturated carbocycles. The quantitative estimate of drug-likeness (QED) is 0.659. The number of nitrogens with one attached hydrogen (secondary N) is 2. The molecule has 0 aliphatic rings. The van der Waals surface area contributed by atoms with E-state index in [1.54, 1.807) is 0 Å². The van der Waals surface area contributed by atoms with Gasteiger partial charge in [-0.15, -0.1) is 0 Å². The van der Waals surface area contributed by atoms with E-state index in [4.69, 9.17) is 0 Å². The molecule has 0 aliphatic carbocycles. The van der Waals surface area contributed by atoms with Crippen molar-refractivity contribution in [1.29, 1.82) is 0 Å². The third-order valence-corrected chi connectivity index (χ3v) is 2.15. The molecule has 1 heterocycles. The van der Waals surface area contributed by atoms with Crippen molar-refractivity contribution in [3.05, 3.63) is 6.33 Å². The number of hydrogen-bond acceptors (Lipinski definition) is 5. The highest BCUT2D eigenvalue weighted by atomic mass is 15.2. The van der Waals surface area contributed by atoms with Crippen LogP contribution in [0.4, 0.5) is 11.9 Å². The van der Waals surface area contributed by atoms with E-state index in [1.807, 2.05) is 0 Å². The molecular weight excluding hydrogens is 202 g/mol. The normalized spacial score (nSPS) is 10.1. The second kappa shape index (κ2) is 7.84. The second-order valence-corrected chi connectivity index (χ2v) is 3.64. The van der Waals surface area contributed by atoms with Crippen LogP contribution >= 0.6 is 0 Å². The first-order chi connectivity index (χ1) is 7.86. The summed E-state index contributed by atoms with van der Waals surface area (Å²) >= 11 is 0. The van der Waals surface area contributed by atoms with Crippen LogP contribution in [0.3, 0.4) is 0 Å². The number of anilines is 2. The van der Waals surface area contributed by atoms with E-state index in [0.29, 0.717) is 11.9 Å². The lowest BCUT2D eigenvalue weighted by Gasteiger charge is -2.05. The summed E-state index contributed by atoms with van der Waals surface area (Å²) in [6.45, 7) is 6.09. The van der Waals surface area contributed by atoms with Gasteiger partial charge in [0.25, 0.3) is 0 Å². The monoisotopic (exact) mass is 222 g/mol. The summed E-state index contributed by atoms with van der Waals surface area (Å²) in [7, 11) is 0. The van der Waals surface area contributed by atoms with E-state index in [0.717, 1.165) is 38.8 Å². The summed E-state index contributed by atoms with van der Waals surface area (Å²) in [6, 6.07) is 0. The summed E-state index contributed by atoms with van der Waals surface area (Å²) in [4.78, 5) is 12.1. The SMILES string of the molecule is CCCCNc1n[c]nc(NCCCC)n1. The van der Waals surface area contributed by atoms with Gasteiger partial charge in [-0.05, 0) is 12.8 Å². The van der Waals surface area contributed by atoms with Gasteiger partial charge >= 0.3 is 0 Å². The third kappa shape index (κ3) is 4.91. The molecule has 0 saturated heterocycles. The molecule has 0 amide bonds. The highest BCUT2D eigenvalue weighted by Crippen LogP contribution is 2.02. The molecule has 0 aliphatic heterocycles. The maximum absolute atomic E-state index is 4.24. The Labute approximate surface area is 97.1 Å². The summed E-state index contributed by atoms with van der Waals surface area (Å²) < 4.78 is 0. The Hall–Kier alpha value is -1.39. The predicted octanol–water partition coefficient (Wildman–Crippen LogP) is 2.10. The van der Waals surface area contributed by atoms with E-state index < -0.39 is 0 Å². The molecule has 1 aromatic heterocycles. The molecule has 16 heavy (non-hydrogen) atoms. The van der Waals surface area contributed by atoms with Crippen LogP contribution in [0.5, 0.6) is 0 Å². The zero-order valence-electron chi connectivity index (χ0n) is 10.1. The average Bonchev–Trinajstić information content (AvgIpc) is 2.30. The summed E-state index contributed by atoms with van der Waals surface area (Å²) in [5.74, 6) is 1.20. The first kappa shape index (κ1) is 12.7. The van der Waals surface area contributed by atoms with Gasteiger partial charge < -0.3 is 10.6 Å². The van der Waals surface area contributed by atoms with E-state index in [1.165, 1.54) is 0 Å². The smallest absolute Gasteiger partial charge is 0.228 e. The van der Waals surface area contributed by atoms with E-state index >= 15 is 0 Å². The van der Waals surface area contributed by atoms with Gasteiger partial charge in [0, 0.05) is 13.1 Å². The highest BCUT2D eigenvalue weighted by molar-refractivity contribution is 5.32. The third-order valence-electron chi connectivity index (χ3n) is 2.15. The van der Waals surface area contributed by atoms with Crippen LogP contribution in [0.25, 0.3) is 0 Å². The van der Waals surface area contributed by atoms with Gasteiger partial charge in [0.05, 0.1) is 0 Å². The molecule has 1 radical (unpaired) electrons. The van der Waals surface area contributed by atoms with Gasteiger partial charge in [-0.25, -0.2) is 0 Å². The van der Waals surface area contributed by atoms with Crippen LogP contribution in [0.15, 0.2) is 0 Å². The van der Waals surface area contributed by atoms with Crippen molar-refractivity contribution < 1.29 is 0 Å². The lowest BCUT2D eigenvalue weighted by molar-refractivity contribution is 0.814. The minimum Gasteiger partial charge on any atom is -0.354 e. The van der Waals surface area contributed by atoms with Crippen molar-refractivity contribution >= 4 is 11.9 Å². The first-order valence-electron chi connectivity index (χ1n) is 5.96. The minimum atomic E-state index is 0.599. The van der Waals surface area contributed by atoms with Crippen LogP contribution in [0.1, 0.15) is 39.5 Å². The zero-order chi connectivity index (χ0) is 11.6.